The van der Waals surface area contributed by atoms with Gasteiger partial charge in [0.05, 0.1) is 23.9 Å². The maximum Gasteiger partial charge on any atom is 0.148 e. The molecule has 1 unspecified atom stereocenters. The van der Waals surface area contributed by atoms with Crippen LogP contribution in [0.25, 0.3) is 5.69 Å². The van der Waals surface area contributed by atoms with Gasteiger partial charge in [-0.3, -0.25) is 4.57 Å². The molecule has 1 saturated heterocycles. The lowest BCUT2D eigenvalue weighted by molar-refractivity contribution is 0.591. The Morgan fingerprint density at radius 2 is 2.33 bits per heavy atom. The lowest BCUT2D eigenvalue weighted by atomic mass is 10.1. The Morgan fingerprint density at radius 3 is 3.06 bits per heavy atom. The van der Waals surface area contributed by atoms with Gasteiger partial charge in [-0.25, -0.2) is 9.37 Å². The summed E-state index contributed by atoms with van der Waals surface area (Å²) in [6.07, 6.45) is 5.62. The van der Waals surface area contributed by atoms with Crippen LogP contribution in [0.5, 0.6) is 0 Å². The fourth-order valence-corrected chi connectivity index (χ4v) is 2.54. The van der Waals surface area contributed by atoms with E-state index in [9.17, 15) is 4.39 Å². The molecule has 3 nitrogen and oxygen atoms in total. The first-order valence-corrected chi connectivity index (χ1v) is 6.34. The van der Waals surface area contributed by atoms with Crippen LogP contribution < -0.4 is 5.32 Å². The molecule has 18 heavy (non-hydrogen) atoms. The van der Waals surface area contributed by atoms with Crippen molar-refractivity contribution in [3.63, 3.8) is 0 Å². The van der Waals surface area contributed by atoms with Crippen LogP contribution >= 0.6 is 11.6 Å². The summed E-state index contributed by atoms with van der Waals surface area (Å²) in [4.78, 5) is 4.13. The largest absolute Gasteiger partial charge is 0.309 e. The summed E-state index contributed by atoms with van der Waals surface area (Å²) in [5.74, 6) is -0.334. The minimum atomic E-state index is -0.334. The minimum Gasteiger partial charge on any atom is -0.309 e. The third kappa shape index (κ3) is 2.02. The lowest BCUT2D eigenvalue weighted by Gasteiger charge is -2.14. The lowest BCUT2D eigenvalue weighted by Crippen LogP contribution is -2.16. The standard InChI is InChI=1S/C13H13ClFN3/c14-9-3-4-12(10(15)6-9)18-8-16-7-13(18)11-2-1-5-17-11/h3-4,6-8,11,17H,1-2,5H2. The summed E-state index contributed by atoms with van der Waals surface area (Å²) in [5.41, 5.74) is 1.48. The highest BCUT2D eigenvalue weighted by Gasteiger charge is 2.21. The molecule has 1 aliphatic heterocycles. The van der Waals surface area contributed by atoms with E-state index in [0.717, 1.165) is 25.1 Å². The highest BCUT2D eigenvalue weighted by atomic mass is 35.5. The van der Waals surface area contributed by atoms with Crippen LogP contribution in [0, 0.1) is 5.82 Å². The number of halogens is 2. The molecule has 1 fully saturated rings. The van der Waals surface area contributed by atoms with Gasteiger partial charge in [0.25, 0.3) is 0 Å². The molecule has 0 saturated carbocycles. The Morgan fingerprint density at radius 1 is 1.44 bits per heavy atom. The number of nitrogens with zero attached hydrogens (tertiary/aromatic N) is 2. The monoisotopic (exact) mass is 265 g/mol. The van der Waals surface area contributed by atoms with Crippen LogP contribution in [-0.2, 0) is 0 Å². The van der Waals surface area contributed by atoms with E-state index in [-0.39, 0.29) is 11.9 Å². The van der Waals surface area contributed by atoms with E-state index in [1.54, 1.807) is 29.2 Å². The Balaban J connectivity index is 2.03. The first-order chi connectivity index (χ1) is 8.75. The molecule has 0 radical (unpaired) electrons. The van der Waals surface area contributed by atoms with Crippen molar-refractivity contribution in [2.24, 2.45) is 0 Å². The summed E-state index contributed by atoms with van der Waals surface area (Å²) < 4.78 is 15.7. The van der Waals surface area contributed by atoms with Gasteiger partial charge in [-0.2, -0.15) is 0 Å². The van der Waals surface area contributed by atoms with E-state index < -0.39 is 0 Å². The van der Waals surface area contributed by atoms with Crippen molar-refractivity contribution < 1.29 is 4.39 Å². The molecule has 0 aliphatic carbocycles. The number of hydrogen-bond acceptors (Lipinski definition) is 2. The van der Waals surface area contributed by atoms with Crippen LogP contribution in [0.2, 0.25) is 5.02 Å². The van der Waals surface area contributed by atoms with Crippen molar-refractivity contribution in [3.8, 4) is 5.69 Å². The van der Waals surface area contributed by atoms with Gasteiger partial charge in [0, 0.05) is 11.1 Å². The third-order valence-corrected chi connectivity index (χ3v) is 3.49. The van der Waals surface area contributed by atoms with Crippen LogP contribution in [0.3, 0.4) is 0 Å². The zero-order chi connectivity index (χ0) is 12.5. The second-order valence-corrected chi connectivity index (χ2v) is 4.87. The second-order valence-electron chi connectivity index (χ2n) is 4.43. The van der Waals surface area contributed by atoms with Gasteiger partial charge in [-0.05, 0) is 37.6 Å². The molecule has 2 heterocycles. The van der Waals surface area contributed by atoms with Gasteiger partial charge in [-0.15, -0.1) is 0 Å². The number of rotatable bonds is 2. The minimum absolute atomic E-state index is 0.252. The molecular weight excluding hydrogens is 253 g/mol. The van der Waals surface area contributed by atoms with E-state index in [1.807, 2.05) is 0 Å². The van der Waals surface area contributed by atoms with Crippen molar-refractivity contribution in [2.45, 2.75) is 18.9 Å². The summed E-state index contributed by atoms with van der Waals surface area (Å²) in [5, 5.41) is 3.79. The molecular formula is C13H13ClFN3. The van der Waals surface area contributed by atoms with Crippen molar-refractivity contribution >= 4 is 11.6 Å². The Kier molecular flexibility index (Phi) is 3.06. The third-order valence-electron chi connectivity index (χ3n) is 3.25. The molecule has 0 amide bonds. The molecule has 5 heteroatoms. The Labute approximate surface area is 110 Å². The molecule has 3 rings (SSSR count). The first-order valence-electron chi connectivity index (χ1n) is 5.97. The number of nitrogens with one attached hydrogen (secondary N) is 1. The fourth-order valence-electron chi connectivity index (χ4n) is 2.38. The molecule has 1 aliphatic rings. The summed E-state index contributed by atoms with van der Waals surface area (Å²) in [7, 11) is 0. The van der Waals surface area contributed by atoms with E-state index in [2.05, 4.69) is 10.3 Å². The van der Waals surface area contributed by atoms with Crippen LogP contribution in [-0.4, -0.2) is 16.1 Å². The molecule has 1 atom stereocenters. The molecule has 1 aromatic heterocycles. The topological polar surface area (TPSA) is 29.9 Å². The van der Waals surface area contributed by atoms with E-state index in [1.165, 1.54) is 6.07 Å². The molecule has 0 spiro atoms. The number of benzene rings is 1. The van der Waals surface area contributed by atoms with Gasteiger partial charge >= 0.3 is 0 Å². The van der Waals surface area contributed by atoms with Gasteiger partial charge in [0.15, 0.2) is 0 Å². The van der Waals surface area contributed by atoms with Gasteiger partial charge in [0.2, 0.25) is 0 Å². The summed E-state index contributed by atoms with van der Waals surface area (Å²) in [6.45, 7) is 0.999. The van der Waals surface area contributed by atoms with Crippen LogP contribution in [0.4, 0.5) is 4.39 Å². The zero-order valence-corrected chi connectivity index (χ0v) is 10.5. The average molecular weight is 266 g/mol. The van der Waals surface area contributed by atoms with Crippen LogP contribution in [0.1, 0.15) is 24.6 Å². The summed E-state index contributed by atoms with van der Waals surface area (Å²) >= 11 is 5.77. The number of aromatic nitrogens is 2. The first kappa shape index (κ1) is 11.7. The second kappa shape index (κ2) is 4.71. The normalized spacial score (nSPS) is 19.3. The van der Waals surface area contributed by atoms with Crippen LogP contribution in [0.15, 0.2) is 30.7 Å². The van der Waals surface area contributed by atoms with Gasteiger partial charge in [-0.1, -0.05) is 11.6 Å². The van der Waals surface area contributed by atoms with E-state index >= 15 is 0 Å². The predicted molar refractivity (Wildman–Crippen MR) is 68.5 cm³/mol. The molecule has 1 aromatic carbocycles. The fraction of sp³-hybridized carbons (Fsp3) is 0.308. The van der Waals surface area contributed by atoms with Crippen molar-refractivity contribution in [1.82, 2.24) is 14.9 Å². The molecule has 94 valence electrons. The number of hydrogen-bond donors (Lipinski definition) is 1. The van der Waals surface area contributed by atoms with E-state index in [0.29, 0.717) is 10.7 Å². The average Bonchev–Trinajstić information content (AvgIpc) is 2.98. The van der Waals surface area contributed by atoms with Crippen molar-refractivity contribution in [3.05, 3.63) is 47.3 Å². The maximum atomic E-state index is 13.9. The van der Waals surface area contributed by atoms with Gasteiger partial charge < -0.3 is 5.32 Å². The molecule has 0 bridgehead atoms. The van der Waals surface area contributed by atoms with Crippen molar-refractivity contribution in [2.75, 3.05) is 6.54 Å². The van der Waals surface area contributed by atoms with E-state index in [4.69, 9.17) is 11.6 Å². The maximum absolute atomic E-state index is 13.9. The SMILES string of the molecule is Fc1cc(Cl)ccc1-n1cncc1C1CCCN1. The Hall–Kier alpha value is -1.39. The quantitative estimate of drug-likeness (QED) is 0.904. The highest BCUT2D eigenvalue weighted by Crippen LogP contribution is 2.26. The smallest absolute Gasteiger partial charge is 0.148 e. The zero-order valence-electron chi connectivity index (χ0n) is 9.74. The van der Waals surface area contributed by atoms with Gasteiger partial charge in [0.1, 0.15) is 5.82 Å². The van der Waals surface area contributed by atoms with Crippen molar-refractivity contribution in [1.29, 1.82) is 0 Å². The summed E-state index contributed by atoms with van der Waals surface area (Å²) in [6, 6.07) is 4.94. The molecule has 1 N–H and O–H groups in total. The molecule has 2 aromatic rings. The predicted octanol–water partition coefficient (Wildman–Crippen LogP) is 3.09. The highest BCUT2D eigenvalue weighted by molar-refractivity contribution is 6.30. The Bertz CT molecular complexity index is 561. The number of imidazole rings is 1.